The minimum atomic E-state index is -3.83. The SMILES string of the molecule is Cc1cc(F)ccc1S(=O)(=O)Nc1cccc(-c2nnnn2C)c1. The Bertz CT molecular complexity index is 1000. The molecule has 3 rings (SSSR count). The van der Waals surface area contributed by atoms with Crippen molar-refractivity contribution < 1.29 is 12.8 Å². The van der Waals surface area contributed by atoms with Crippen LogP contribution in [0.25, 0.3) is 11.4 Å². The molecule has 9 heteroatoms. The third kappa shape index (κ3) is 3.11. The second kappa shape index (κ2) is 6.00. The van der Waals surface area contributed by atoms with E-state index in [9.17, 15) is 12.8 Å². The number of anilines is 1. The lowest BCUT2D eigenvalue weighted by Crippen LogP contribution is -2.14. The summed E-state index contributed by atoms with van der Waals surface area (Å²) < 4.78 is 42.2. The molecule has 0 radical (unpaired) electrons. The number of nitrogens with one attached hydrogen (secondary N) is 1. The summed E-state index contributed by atoms with van der Waals surface area (Å²) in [5.74, 6) is 0.0252. The molecule has 7 nitrogen and oxygen atoms in total. The Morgan fingerprint density at radius 1 is 1.17 bits per heavy atom. The highest BCUT2D eigenvalue weighted by molar-refractivity contribution is 7.92. The molecule has 0 bridgehead atoms. The Kier molecular flexibility index (Phi) is 4.02. The fourth-order valence-corrected chi connectivity index (χ4v) is 3.60. The summed E-state index contributed by atoms with van der Waals surface area (Å²) in [6.07, 6.45) is 0. The topological polar surface area (TPSA) is 89.8 Å². The lowest BCUT2D eigenvalue weighted by Gasteiger charge is -2.11. The normalized spacial score (nSPS) is 11.5. The van der Waals surface area contributed by atoms with Crippen LogP contribution in [0.15, 0.2) is 47.4 Å². The van der Waals surface area contributed by atoms with Gasteiger partial charge in [0.25, 0.3) is 10.0 Å². The predicted octanol–water partition coefficient (Wildman–Crippen LogP) is 2.13. The Balaban J connectivity index is 1.95. The van der Waals surface area contributed by atoms with Crippen molar-refractivity contribution in [1.82, 2.24) is 20.2 Å². The molecule has 0 aliphatic rings. The van der Waals surface area contributed by atoms with Gasteiger partial charge in [0, 0.05) is 18.3 Å². The minimum Gasteiger partial charge on any atom is -0.280 e. The number of rotatable bonds is 4. The first-order valence-corrected chi connectivity index (χ1v) is 8.47. The molecular weight excluding hydrogens is 333 g/mol. The smallest absolute Gasteiger partial charge is 0.262 e. The van der Waals surface area contributed by atoms with Gasteiger partial charge in [0.05, 0.1) is 4.90 Å². The highest BCUT2D eigenvalue weighted by Crippen LogP contribution is 2.23. The molecule has 1 heterocycles. The highest BCUT2D eigenvalue weighted by atomic mass is 32.2. The van der Waals surface area contributed by atoms with Crippen LogP contribution in [0.3, 0.4) is 0 Å². The average molecular weight is 347 g/mol. The second-order valence-electron chi connectivity index (χ2n) is 5.22. The van der Waals surface area contributed by atoms with Gasteiger partial charge in [-0.05, 0) is 53.2 Å². The molecule has 0 saturated carbocycles. The minimum absolute atomic E-state index is 0.0228. The fourth-order valence-electron chi connectivity index (χ4n) is 2.32. The zero-order valence-electron chi connectivity index (χ0n) is 12.9. The standard InChI is InChI=1S/C15H14FN5O2S/c1-10-8-12(16)6-7-14(10)24(22,23)18-13-5-3-4-11(9-13)15-17-19-20-21(15)2/h3-9,18H,1-2H3. The van der Waals surface area contributed by atoms with Crippen molar-refractivity contribution in [2.75, 3.05) is 4.72 Å². The number of tetrazole rings is 1. The first-order valence-electron chi connectivity index (χ1n) is 6.98. The van der Waals surface area contributed by atoms with Gasteiger partial charge in [-0.25, -0.2) is 17.5 Å². The number of hydrogen-bond donors (Lipinski definition) is 1. The van der Waals surface area contributed by atoms with Crippen LogP contribution in [0.2, 0.25) is 0 Å². The van der Waals surface area contributed by atoms with Gasteiger partial charge < -0.3 is 0 Å². The van der Waals surface area contributed by atoms with Gasteiger partial charge in [0.1, 0.15) is 5.82 Å². The maximum absolute atomic E-state index is 13.2. The number of benzene rings is 2. The average Bonchev–Trinajstić information content (AvgIpc) is 2.92. The molecule has 0 amide bonds. The number of sulfonamides is 1. The van der Waals surface area contributed by atoms with Crippen LogP contribution in [-0.4, -0.2) is 28.6 Å². The van der Waals surface area contributed by atoms with Crippen LogP contribution in [0.5, 0.6) is 0 Å². The number of hydrogen-bond acceptors (Lipinski definition) is 5. The van der Waals surface area contributed by atoms with Gasteiger partial charge in [0.2, 0.25) is 0 Å². The van der Waals surface area contributed by atoms with E-state index in [0.717, 1.165) is 6.07 Å². The van der Waals surface area contributed by atoms with Crippen molar-refractivity contribution in [1.29, 1.82) is 0 Å². The molecule has 0 saturated heterocycles. The Labute approximate surface area is 138 Å². The summed E-state index contributed by atoms with van der Waals surface area (Å²) in [6, 6.07) is 10.2. The zero-order valence-corrected chi connectivity index (χ0v) is 13.7. The molecule has 24 heavy (non-hydrogen) atoms. The molecule has 0 atom stereocenters. The van der Waals surface area contributed by atoms with E-state index >= 15 is 0 Å². The second-order valence-corrected chi connectivity index (χ2v) is 6.87. The van der Waals surface area contributed by atoms with Crippen molar-refractivity contribution in [3.8, 4) is 11.4 Å². The molecule has 124 valence electrons. The van der Waals surface area contributed by atoms with E-state index in [-0.39, 0.29) is 4.90 Å². The van der Waals surface area contributed by atoms with Crippen LogP contribution < -0.4 is 4.72 Å². The lowest BCUT2D eigenvalue weighted by molar-refractivity contribution is 0.598. The van der Waals surface area contributed by atoms with Crippen LogP contribution in [0.4, 0.5) is 10.1 Å². The molecule has 0 spiro atoms. The Hall–Kier alpha value is -2.81. The van der Waals surface area contributed by atoms with Crippen LogP contribution in [-0.2, 0) is 17.1 Å². The lowest BCUT2D eigenvalue weighted by atomic mass is 10.2. The highest BCUT2D eigenvalue weighted by Gasteiger charge is 2.18. The van der Waals surface area contributed by atoms with Gasteiger partial charge in [0.15, 0.2) is 5.82 Å². The van der Waals surface area contributed by atoms with Gasteiger partial charge in [-0.1, -0.05) is 12.1 Å². The quantitative estimate of drug-likeness (QED) is 0.781. The summed E-state index contributed by atoms with van der Waals surface area (Å²) in [5.41, 5.74) is 1.36. The molecule has 0 aliphatic carbocycles. The van der Waals surface area contributed by atoms with E-state index in [1.165, 1.54) is 16.8 Å². The first kappa shape index (κ1) is 16.1. The van der Waals surface area contributed by atoms with Gasteiger partial charge >= 0.3 is 0 Å². The fraction of sp³-hybridized carbons (Fsp3) is 0.133. The van der Waals surface area contributed by atoms with E-state index in [1.54, 1.807) is 38.2 Å². The Morgan fingerprint density at radius 2 is 1.96 bits per heavy atom. The monoisotopic (exact) mass is 347 g/mol. The first-order chi connectivity index (χ1) is 11.4. The van der Waals surface area contributed by atoms with Crippen molar-refractivity contribution in [3.63, 3.8) is 0 Å². The Morgan fingerprint density at radius 3 is 2.62 bits per heavy atom. The number of aryl methyl sites for hydroxylation is 2. The van der Waals surface area contributed by atoms with Crippen molar-refractivity contribution >= 4 is 15.7 Å². The molecule has 0 fully saturated rings. The predicted molar refractivity (Wildman–Crippen MR) is 86.2 cm³/mol. The number of aromatic nitrogens is 4. The van der Waals surface area contributed by atoms with E-state index in [0.29, 0.717) is 22.6 Å². The van der Waals surface area contributed by atoms with Crippen molar-refractivity contribution in [2.24, 2.45) is 7.05 Å². The number of nitrogens with zero attached hydrogens (tertiary/aromatic N) is 4. The third-order valence-corrected chi connectivity index (χ3v) is 4.96. The summed E-state index contributed by atoms with van der Waals surface area (Å²) in [7, 11) is -2.14. The summed E-state index contributed by atoms with van der Waals surface area (Å²) in [5, 5.41) is 11.2. The molecule has 2 aromatic carbocycles. The van der Waals surface area contributed by atoms with E-state index in [4.69, 9.17) is 0 Å². The van der Waals surface area contributed by atoms with Gasteiger partial charge in [-0.15, -0.1) is 5.10 Å². The van der Waals surface area contributed by atoms with E-state index in [2.05, 4.69) is 20.2 Å². The van der Waals surface area contributed by atoms with Crippen molar-refractivity contribution in [2.45, 2.75) is 11.8 Å². The summed E-state index contributed by atoms with van der Waals surface area (Å²) in [4.78, 5) is 0.0228. The zero-order chi connectivity index (χ0) is 17.3. The van der Waals surface area contributed by atoms with Gasteiger partial charge in [-0.3, -0.25) is 4.72 Å². The van der Waals surface area contributed by atoms with Gasteiger partial charge in [-0.2, -0.15) is 0 Å². The van der Waals surface area contributed by atoms with Crippen molar-refractivity contribution in [3.05, 3.63) is 53.8 Å². The molecule has 0 aliphatic heterocycles. The molecule has 3 aromatic rings. The largest absolute Gasteiger partial charge is 0.280 e. The molecule has 0 unspecified atom stereocenters. The number of halogens is 1. The molecular formula is C15H14FN5O2S. The van der Waals surface area contributed by atoms with Crippen LogP contribution in [0, 0.1) is 12.7 Å². The molecule has 1 N–H and O–H groups in total. The van der Waals surface area contributed by atoms with E-state index in [1.807, 2.05) is 0 Å². The maximum Gasteiger partial charge on any atom is 0.262 e. The van der Waals surface area contributed by atoms with Crippen LogP contribution >= 0.6 is 0 Å². The third-order valence-electron chi connectivity index (χ3n) is 3.42. The van der Waals surface area contributed by atoms with E-state index < -0.39 is 15.8 Å². The van der Waals surface area contributed by atoms with Crippen LogP contribution in [0.1, 0.15) is 5.56 Å². The molecule has 1 aromatic heterocycles. The summed E-state index contributed by atoms with van der Waals surface area (Å²) in [6.45, 7) is 1.54. The maximum atomic E-state index is 13.2. The summed E-state index contributed by atoms with van der Waals surface area (Å²) >= 11 is 0.